The van der Waals surface area contributed by atoms with Gasteiger partial charge in [0, 0.05) is 12.2 Å². The largest absolute Gasteiger partial charge is 0.476 e. The Hall–Kier alpha value is -1.32. The molecule has 0 bridgehead atoms. The van der Waals surface area contributed by atoms with Gasteiger partial charge in [0.15, 0.2) is 5.69 Å². The van der Waals surface area contributed by atoms with Crippen molar-refractivity contribution in [3.8, 4) is 0 Å². The van der Waals surface area contributed by atoms with Gasteiger partial charge in [-0.15, -0.1) is 0 Å². The number of nitrogens with zero attached hydrogens (tertiary/aromatic N) is 2. The SMILES string of the molecule is CCCn1nc(C(=O)O)cc1C(C)C. The van der Waals surface area contributed by atoms with Crippen LogP contribution >= 0.6 is 0 Å². The Kier molecular flexibility index (Phi) is 3.28. The average molecular weight is 196 g/mol. The number of hydrogen-bond donors (Lipinski definition) is 1. The first-order valence-corrected chi connectivity index (χ1v) is 4.87. The Morgan fingerprint density at radius 3 is 2.71 bits per heavy atom. The van der Waals surface area contributed by atoms with Crippen LogP contribution in [0.1, 0.15) is 49.3 Å². The molecule has 0 aliphatic rings. The molecular weight excluding hydrogens is 180 g/mol. The number of carboxylic acids is 1. The van der Waals surface area contributed by atoms with E-state index in [0.29, 0.717) is 5.92 Å². The van der Waals surface area contributed by atoms with Crippen LogP contribution in [-0.4, -0.2) is 20.9 Å². The normalized spacial score (nSPS) is 10.9. The molecule has 0 saturated carbocycles. The van der Waals surface area contributed by atoms with Gasteiger partial charge in [-0.05, 0) is 18.4 Å². The maximum Gasteiger partial charge on any atom is 0.356 e. The van der Waals surface area contributed by atoms with Crippen LogP contribution in [-0.2, 0) is 6.54 Å². The summed E-state index contributed by atoms with van der Waals surface area (Å²) >= 11 is 0. The van der Waals surface area contributed by atoms with Gasteiger partial charge in [0.1, 0.15) is 0 Å². The topological polar surface area (TPSA) is 55.1 Å². The second kappa shape index (κ2) is 4.26. The van der Waals surface area contributed by atoms with E-state index in [-0.39, 0.29) is 5.69 Å². The molecule has 78 valence electrons. The third-order valence-electron chi connectivity index (χ3n) is 2.06. The molecule has 0 radical (unpaired) electrons. The van der Waals surface area contributed by atoms with Crippen molar-refractivity contribution in [2.75, 3.05) is 0 Å². The minimum Gasteiger partial charge on any atom is -0.476 e. The standard InChI is InChI=1S/C10H16N2O2/c1-4-5-12-9(7(2)3)6-8(11-12)10(13)14/h6-7H,4-5H2,1-3H3,(H,13,14). The highest BCUT2D eigenvalue weighted by molar-refractivity contribution is 5.85. The summed E-state index contributed by atoms with van der Waals surface area (Å²) in [6.45, 7) is 6.90. The molecule has 4 heteroatoms. The first-order chi connectivity index (χ1) is 6.56. The van der Waals surface area contributed by atoms with E-state index in [1.807, 2.05) is 20.8 Å². The number of carboxylic acid groups (broad SMARTS) is 1. The Morgan fingerprint density at radius 2 is 2.29 bits per heavy atom. The number of aryl methyl sites for hydroxylation is 1. The van der Waals surface area contributed by atoms with Crippen molar-refractivity contribution < 1.29 is 9.90 Å². The van der Waals surface area contributed by atoms with Crippen molar-refractivity contribution in [2.45, 2.75) is 39.7 Å². The van der Waals surface area contributed by atoms with Crippen LogP contribution in [0.3, 0.4) is 0 Å². The van der Waals surface area contributed by atoms with Gasteiger partial charge in [-0.2, -0.15) is 5.10 Å². The lowest BCUT2D eigenvalue weighted by atomic mass is 10.1. The molecule has 1 rings (SSSR count). The summed E-state index contributed by atoms with van der Waals surface area (Å²) in [6, 6.07) is 1.66. The van der Waals surface area contributed by atoms with E-state index in [9.17, 15) is 4.79 Å². The summed E-state index contributed by atoms with van der Waals surface area (Å²) in [4.78, 5) is 10.7. The minimum absolute atomic E-state index is 0.141. The predicted octanol–water partition coefficient (Wildman–Crippen LogP) is 2.11. The van der Waals surface area contributed by atoms with Crippen molar-refractivity contribution in [2.24, 2.45) is 0 Å². The van der Waals surface area contributed by atoms with Gasteiger partial charge in [0.2, 0.25) is 0 Å². The van der Waals surface area contributed by atoms with Crippen LogP contribution < -0.4 is 0 Å². The number of aromatic carboxylic acids is 1. The third kappa shape index (κ3) is 2.13. The molecule has 0 unspecified atom stereocenters. The monoisotopic (exact) mass is 196 g/mol. The van der Waals surface area contributed by atoms with E-state index in [0.717, 1.165) is 18.7 Å². The van der Waals surface area contributed by atoms with Crippen molar-refractivity contribution in [3.05, 3.63) is 17.5 Å². The van der Waals surface area contributed by atoms with Crippen LogP contribution in [0.2, 0.25) is 0 Å². The van der Waals surface area contributed by atoms with Gasteiger partial charge in [0.25, 0.3) is 0 Å². The van der Waals surface area contributed by atoms with Crippen LogP contribution in [0.5, 0.6) is 0 Å². The molecule has 1 aromatic rings. The van der Waals surface area contributed by atoms with Crippen molar-refractivity contribution in [1.82, 2.24) is 9.78 Å². The molecule has 1 heterocycles. The molecule has 0 aliphatic heterocycles. The zero-order valence-corrected chi connectivity index (χ0v) is 8.82. The highest BCUT2D eigenvalue weighted by Crippen LogP contribution is 2.16. The fourth-order valence-electron chi connectivity index (χ4n) is 1.39. The quantitative estimate of drug-likeness (QED) is 0.802. The van der Waals surface area contributed by atoms with Gasteiger partial charge in [-0.25, -0.2) is 4.79 Å². The zero-order valence-electron chi connectivity index (χ0n) is 8.82. The number of hydrogen-bond acceptors (Lipinski definition) is 2. The van der Waals surface area contributed by atoms with Crippen LogP contribution in [0.4, 0.5) is 0 Å². The Labute approximate surface area is 83.5 Å². The van der Waals surface area contributed by atoms with Crippen molar-refractivity contribution in [1.29, 1.82) is 0 Å². The molecule has 0 spiro atoms. The van der Waals surface area contributed by atoms with E-state index >= 15 is 0 Å². The molecular formula is C10H16N2O2. The number of aromatic nitrogens is 2. The second-order valence-corrected chi connectivity index (χ2v) is 3.64. The van der Waals surface area contributed by atoms with Gasteiger partial charge in [0.05, 0.1) is 0 Å². The van der Waals surface area contributed by atoms with Gasteiger partial charge in [-0.3, -0.25) is 4.68 Å². The van der Waals surface area contributed by atoms with Crippen LogP contribution in [0.25, 0.3) is 0 Å². The summed E-state index contributed by atoms with van der Waals surface area (Å²) in [5, 5.41) is 12.8. The summed E-state index contributed by atoms with van der Waals surface area (Å²) < 4.78 is 1.79. The lowest BCUT2D eigenvalue weighted by Crippen LogP contribution is -2.06. The maximum atomic E-state index is 10.7. The first-order valence-electron chi connectivity index (χ1n) is 4.87. The molecule has 0 aliphatic carbocycles. The lowest BCUT2D eigenvalue weighted by Gasteiger charge is -2.07. The first kappa shape index (κ1) is 10.8. The molecule has 0 fully saturated rings. The fourth-order valence-corrected chi connectivity index (χ4v) is 1.39. The van der Waals surface area contributed by atoms with E-state index in [1.165, 1.54) is 0 Å². The molecule has 1 aromatic heterocycles. The van der Waals surface area contributed by atoms with Crippen molar-refractivity contribution >= 4 is 5.97 Å². The van der Waals surface area contributed by atoms with Crippen LogP contribution in [0, 0.1) is 0 Å². The Morgan fingerprint density at radius 1 is 1.64 bits per heavy atom. The molecule has 1 N–H and O–H groups in total. The smallest absolute Gasteiger partial charge is 0.356 e. The Balaban J connectivity index is 3.05. The second-order valence-electron chi connectivity index (χ2n) is 3.64. The zero-order chi connectivity index (χ0) is 10.7. The fraction of sp³-hybridized carbons (Fsp3) is 0.600. The van der Waals surface area contributed by atoms with E-state index in [1.54, 1.807) is 10.7 Å². The summed E-state index contributed by atoms with van der Waals surface area (Å²) in [6.07, 6.45) is 0.959. The summed E-state index contributed by atoms with van der Waals surface area (Å²) in [5.74, 6) is -0.649. The van der Waals surface area contributed by atoms with Crippen LogP contribution in [0.15, 0.2) is 6.07 Å². The van der Waals surface area contributed by atoms with Crippen molar-refractivity contribution in [3.63, 3.8) is 0 Å². The van der Waals surface area contributed by atoms with Gasteiger partial charge >= 0.3 is 5.97 Å². The molecule has 4 nitrogen and oxygen atoms in total. The summed E-state index contributed by atoms with van der Waals surface area (Å²) in [5.41, 5.74) is 1.13. The molecule has 0 atom stereocenters. The highest BCUT2D eigenvalue weighted by atomic mass is 16.4. The minimum atomic E-state index is -0.957. The van der Waals surface area contributed by atoms with Gasteiger partial charge in [-0.1, -0.05) is 20.8 Å². The molecule has 0 aromatic carbocycles. The lowest BCUT2D eigenvalue weighted by molar-refractivity contribution is 0.0689. The molecule has 14 heavy (non-hydrogen) atoms. The predicted molar refractivity (Wildman–Crippen MR) is 53.6 cm³/mol. The van der Waals surface area contributed by atoms with Gasteiger partial charge < -0.3 is 5.11 Å². The third-order valence-corrected chi connectivity index (χ3v) is 2.06. The molecule has 0 saturated heterocycles. The van der Waals surface area contributed by atoms with E-state index in [4.69, 9.17) is 5.11 Å². The number of carbonyl (C=O) groups is 1. The highest BCUT2D eigenvalue weighted by Gasteiger charge is 2.14. The van der Waals surface area contributed by atoms with E-state index < -0.39 is 5.97 Å². The average Bonchev–Trinajstić information content (AvgIpc) is 2.49. The Bertz CT molecular complexity index is 329. The molecule has 0 amide bonds. The summed E-state index contributed by atoms with van der Waals surface area (Å²) in [7, 11) is 0. The van der Waals surface area contributed by atoms with E-state index in [2.05, 4.69) is 5.10 Å². The number of rotatable bonds is 4. The maximum absolute atomic E-state index is 10.7.